The molecule has 3 aromatic carbocycles. The Morgan fingerprint density at radius 3 is 2.13 bits per heavy atom. The number of rotatable bonds is 4. The van der Waals surface area contributed by atoms with Crippen molar-refractivity contribution in [1.82, 2.24) is 0 Å². The molecule has 0 fully saturated rings. The fraction of sp³-hybridized carbons (Fsp3) is 0.0435. The molecule has 1 aliphatic rings. The molecule has 0 aliphatic carbocycles. The maximum atomic E-state index is 13.2. The second kappa shape index (κ2) is 7.92. The molecule has 0 aromatic heterocycles. The predicted molar refractivity (Wildman–Crippen MR) is 112 cm³/mol. The molecule has 0 bridgehead atoms. The molecule has 8 heteroatoms. The number of nitrogens with zero attached hydrogens (tertiary/aromatic N) is 1. The van der Waals surface area contributed by atoms with Crippen LogP contribution in [0.25, 0.3) is 5.57 Å². The lowest BCUT2D eigenvalue weighted by Crippen LogP contribution is -2.32. The van der Waals surface area contributed by atoms with Crippen LogP contribution in [0.15, 0.2) is 84.6 Å². The Kier molecular flexibility index (Phi) is 5.29. The molecule has 0 unspecified atom stereocenters. The molecule has 4 nitrogen and oxygen atoms in total. The summed E-state index contributed by atoms with van der Waals surface area (Å²) in [6, 6.07) is 19.0. The summed E-state index contributed by atoms with van der Waals surface area (Å²) in [5, 5.41) is 3.17. The van der Waals surface area contributed by atoms with Gasteiger partial charge in [-0.2, -0.15) is 13.2 Å². The fourth-order valence-electron chi connectivity index (χ4n) is 3.26. The Hall–Kier alpha value is -3.58. The minimum absolute atomic E-state index is 0.0392. The summed E-state index contributed by atoms with van der Waals surface area (Å²) in [5.41, 5.74) is -0.105. The summed E-state index contributed by atoms with van der Waals surface area (Å²) in [5.74, 6) is -1.27. The van der Waals surface area contributed by atoms with Gasteiger partial charge in [-0.3, -0.25) is 9.59 Å². The van der Waals surface area contributed by atoms with Crippen LogP contribution in [0.4, 0.5) is 24.5 Å². The van der Waals surface area contributed by atoms with E-state index in [9.17, 15) is 22.8 Å². The third-order valence-electron chi connectivity index (χ3n) is 4.69. The smallest absolute Gasteiger partial charge is 0.350 e. The number of hydrogen-bond donors (Lipinski definition) is 1. The van der Waals surface area contributed by atoms with Crippen LogP contribution in [0.3, 0.4) is 0 Å². The lowest BCUT2D eigenvalue weighted by molar-refractivity contribution is -0.137. The van der Waals surface area contributed by atoms with Gasteiger partial charge in [0.05, 0.1) is 16.8 Å². The summed E-state index contributed by atoms with van der Waals surface area (Å²) in [6.07, 6.45) is -4.54. The number of benzene rings is 3. The second-order valence-corrected chi connectivity index (χ2v) is 7.18. The molecule has 1 heterocycles. The molecule has 31 heavy (non-hydrogen) atoms. The summed E-state index contributed by atoms with van der Waals surface area (Å²) < 4.78 is 39.3. The van der Waals surface area contributed by atoms with Crippen LogP contribution >= 0.6 is 11.6 Å². The topological polar surface area (TPSA) is 49.4 Å². The first-order chi connectivity index (χ1) is 14.8. The van der Waals surface area contributed by atoms with Gasteiger partial charge in [0.15, 0.2) is 0 Å². The molecule has 3 aromatic rings. The number of alkyl halides is 3. The molecule has 0 spiro atoms. The molecule has 1 N–H and O–H groups in total. The van der Waals surface area contributed by atoms with E-state index < -0.39 is 23.6 Å². The van der Waals surface area contributed by atoms with Crippen molar-refractivity contribution in [3.63, 3.8) is 0 Å². The maximum absolute atomic E-state index is 13.2. The molecule has 156 valence electrons. The van der Waals surface area contributed by atoms with Gasteiger partial charge in [-0.1, -0.05) is 48.0 Å². The van der Waals surface area contributed by atoms with Gasteiger partial charge >= 0.3 is 6.18 Å². The maximum Gasteiger partial charge on any atom is 0.416 e. The van der Waals surface area contributed by atoms with E-state index in [1.165, 1.54) is 36.4 Å². The normalized spacial score (nSPS) is 14.4. The van der Waals surface area contributed by atoms with E-state index >= 15 is 0 Å². The molecule has 2 amide bonds. The van der Waals surface area contributed by atoms with E-state index in [0.717, 1.165) is 17.0 Å². The zero-order valence-corrected chi connectivity index (χ0v) is 16.5. The zero-order valence-electron chi connectivity index (χ0n) is 15.8. The van der Waals surface area contributed by atoms with Gasteiger partial charge in [0.1, 0.15) is 5.70 Å². The average molecular weight is 443 g/mol. The first kappa shape index (κ1) is 20.7. The van der Waals surface area contributed by atoms with E-state index in [0.29, 0.717) is 16.3 Å². The van der Waals surface area contributed by atoms with Crippen molar-refractivity contribution in [1.29, 1.82) is 0 Å². The van der Waals surface area contributed by atoms with Gasteiger partial charge in [0.25, 0.3) is 11.8 Å². The molecule has 0 radical (unpaired) electrons. The van der Waals surface area contributed by atoms with E-state index in [-0.39, 0.29) is 17.0 Å². The molecule has 4 rings (SSSR count). The van der Waals surface area contributed by atoms with Gasteiger partial charge in [0.2, 0.25) is 0 Å². The number of nitrogens with one attached hydrogen (secondary N) is 1. The molecular formula is C23H14ClF3N2O2. The van der Waals surface area contributed by atoms with Crippen LogP contribution < -0.4 is 10.2 Å². The Morgan fingerprint density at radius 1 is 0.806 bits per heavy atom. The number of amides is 2. The lowest BCUT2D eigenvalue weighted by Gasteiger charge is -2.15. The monoisotopic (exact) mass is 442 g/mol. The highest BCUT2D eigenvalue weighted by molar-refractivity contribution is 6.46. The van der Waals surface area contributed by atoms with Crippen molar-refractivity contribution in [2.75, 3.05) is 10.2 Å². The third-order valence-corrected chi connectivity index (χ3v) is 4.94. The molecular weight excluding hydrogens is 429 g/mol. The van der Waals surface area contributed by atoms with Crippen molar-refractivity contribution in [2.45, 2.75) is 6.18 Å². The zero-order chi connectivity index (χ0) is 22.2. The van der Waals surface area contributed by atoms with Crippen LogP contribution in [0, 0.1) is 0 Å². The number of carbonyl (C=O) groups excluding carboxylic acids is 2. The Labute approximate surface area is 180 Å². The number of imide groups is 1. The van der Waals surface area contributed by atoms with Crippen molar-refractivity contribution in [2.24, 2.45) is 0 Å². The van der Waals surface area contributed by atoms with Crippen LogP contribution in [-0.4, -0.2) is 11.8 Å². The van der Waals surface area contributed by atoms with Gasteiger partial charge in [-0.05, 0) is 48.0 Å². The SMILES string of the molecule is O=C1C(Nc2cccc(C(F)(F)F)c2)=C(c2ccccc2)C(=O)N1c1ccc(Cl)cc1. The summed E-state index contributed by atoms with van der Waals surface area (Å²) in [7, 11) is 0. The highest BCUT2D eigenvalue weighted by Gasteiger charge is 2.40. The van der Waals surface area contributed by atoms with Crippen molar-refractivity contribution in [3.8, 4) is 0 Å². The first-order valence-electron chi connectivity index (χ1n) is 9.14. The molecule has 0 saturated carbocycles. The average Bonchev–Trinajstić information content (AvgIpc) is 2.98. The molecule has 1 aliphatic heterocycles. The van der Waals surface area contributed by atoms with Gasteiger partial charge in [0, 0.05) is 10.7 Å². The first-order valence-corrected chi connectivity index (χ1v) is 9.52. The van der Waals surface area contributed by atoms with E-state index in [4.69, 9.17) is 11.6 Å². The standard InChI is InChI=1S/C23H14ClF3N2O2/c24-16-9-11-18(12-10-16)29-21(30)19(14-5-2-1-3-6-14)20(22(29)31)28-17-8-4-7-15(13-17)23(25,26)27/h1-13,28H. The largest absolute Gasteiger partial charge is 0.416 e. The van der Waals surface area contributed by atoms with Crippen LogP contribution in [0.2, 0.25) is 5.02 Å². The van der Waals surface area contributed by atoms with Crippen molar-refractivity contribution < 1.29 is 22.8 Å². The molecule has 0 atom stereocenters. The highest BCUT2D eigenvalue weighted by Crippen LogP contribution is 2.35. The number of hydrogen-bond acceptors (Lipinski definition) is 3. The van der Waals surface area contributed by atoms with E-state index in [2.05, 4.69) is 5.32 Å². The Morgan fingerprint density at radius 2 is 1.48 bits per heavy atom. The minimum Gasteiger partial charge on any atom is -0.350 e. The third kappa shape index (κ3) is 4.04. The van der Waals surface area contributed by atoms with E-state index in [1.54, 1.807) is 30.3 Å². The van der Waals surface area contributed by atoms with Gasteiger partial charge < -0.3 is 5.32 Å². The van der Waals surface area contributed by atoms with Crippen LogP contribution in [-0.2, 0) is 15.8 Å². The summed E-state index contributed by atoms with van der Waals surface area (Å²) >= 11 is 5.90. The fourth-order valence-corrected chi connectivity index (χ4v) is 3.39. The highest BCUT2D eigenvalue weighted by atomic mass is 35.5. The molecule has 0 saturated heterocycles. The van der Waals surface area contributed by atoms with Crippen LogP contribution in [0.5, 0.6) is 0 Å². The van der Waals surface area contributed by atoms with E-state index in [1.807, 2.05) is 0 Å². The predicted octanol–water partition coefficient (Wildman–Crippen LogP) is 5.76. The summed E-state index contributed by atoms with van der Waals surface area (Å²) in [4.78, 5) is 27.4. The second-order valence-electron chi connectivity index (χ2n) is 6.74. The Balaban J connectivity index is 1.80. The number of anilines is 2. The van der Waals surface area contributed by atoms with Gasteiger partial charge in [-0.15, -0.1) is 0 Å². The number of carbonyl (C=O) groups is 2. The summed E-state index contributed by atoms with van der Waals surface area (Å²) in [6.45, 7) is 0. The van der Waals surface area contributed by atoms with Crippen molar-refractivity contribution >= 4 is 40.4 Å². The van der Waals surface area contributed by atoms with Crippen LogP contribution in [0.1, 0.15) is 11.1 Å². The quantitative estimate of drug-likeness (QED) is 0.523. The van der Waals surface area contributed by atoms with Crippen molar-refractivity contribution in [3.05, 3.63) is 101 Å². The van der Waals surface area contributed by atoms with Gasteiger partial charge in [-0.25, -0.2) is 4.90 Å². The number of halogens is 4. The Bertz CT molecular complexity index is 1190. The lowest BCUT2D eigenvalue weighted by atomic mass is 10.0. The minimum atomic E-state index is -4.54.